The van der Waals surface area contributed by atoms with Gasteiger partial charge in [-0.3, -0.25) is 5.32 Å². The third-order valence-corrected chi connectivity index (χ3v) is 10.7. The van der Waals surface area contributed by atoms with Gasteiger partial charge in [-0.15, -0.1) is 0 Å². The Morgan fingerprint density at radius 2 is 1.56 bits per heavy atom. The molecule has 27 heavy (non-hydrogen) atoms. The Morgan fingerprint density at radius 1 is 0.778 bits per heavy atom. The maximum absolute atomic E-state index is 6.94. The molecule has 6 fully saturated rings. The maximum atomic E-state index is 6.94. The molecule has 0 bridgehead atoms. The van der Waals surface area contributed by atoms with Crippen LogP contribution in [0, 0.1) is 53.3 Å². The quantitative estimate of drug-likeness (QED) is 0.597. The Balaban J connectivity index is 1.21. The largest absolute Gasteiger partial charge is 0.357 e. The first-order valence-corrected chi connectivity index (χ1v) is 12.6. The molecule has 152 valence electrons. The predicted molar refractivity (Wildman–Crippen MR) is 109 cm³/mol. The molecule has 0 amide bonds. The van der Waals surface area contributed by atoms with Gasteiger partial charge in [-0.25, -0.2) is 0 Å². The van der Waals surface area contributed by atoms with E-state index in [1.807, 2.05) is 0 Å². The van der Waals surface area contributed by atoms with Crippen molar-refractivity contribution in [2.75, 3.05) is 6.54 Å². The molecule has 6 rings (SSSR count). The lowest BCUT2D eigenvalue weighted by Crippen LogP contribution is -2.55. The van der Waals surface area contributed by atoms with Gasteiger partial charge in [-0.2, -0.15) is 0 Å². The van der Waals surface area contributed by atoms with Gasteiger partial charge in [-0.1, -0.05) is 33.1 Å². The summed E-state index contributed by atoms with van der Waals surface area (Å²) in [6, 6.07) is 0. The number of rotatable bonds is 0. The molecule has 1 N–H and O–H groups in total. The average Bonchev–Trinajstić information content (AvgIpc) is 3.18. The van der Waals surface area contributed by atoms with Gasteiger partial charge in [0.15, 0.2) is 0 Å². The topological polar surface area (TPSA) is 21.3 Å². The lowest BCUT2D eigenvalue weighted by molar-refractivity contribution is -0.111. The van der Waals surface area contributed by atoms with Gasteiger partial charge in [0.05, 0.1) is 6.10 Å². The highest BCUT2D eigenvalue weighted by molar-refractivity contribution is 5.10. The van der Waals surface area contributed by atoms with Crippen LogP contribution in [-0.4, -0.2) is 18.4 Å². The number of hydrogen-bond donors (Lipinski definition) is 1. The number of nitrogens with one attached hydrogen (secondary N) is 1. The lowest BCUT2D eigenvalue weighted by Gasteiger charge is -2.53. The van der Waals surface area contributed by atoms with Crippen molar-refractivity contribution >= 4 is 0 Å². The van der Waals surface area contributed by atoms with E-state index in [1.165, 1.54) is 38.5 Å². The Hall–Kier alpha value is -0.0800. The summed E-state index contributed by atoms with van der Waals surface area (Å²) in [6.07, 6.45) is 16.9. The van der Waals surface area contributed by atoms with E-state index in [2.05, 4.69) is 19.2 Å². The second kappa shape index (κ2) is 6.46. The minimum absolute atomic E-state index is 0.0324. The van der Waals surface area contributed by atoms with Crippen LogP contribution in [0.15, 0.2) is 0 Å². The number of fused-ring (bicyclic) bond motifs is 7. The molecule has 2 nitrogen and oxygen atoms in total. The fourth-order valence-electron chi connectivity index (χ4n) is 9.50. The first-order chi connectivity index (χ1) is 13.2. The molecule has 0 aromatic heterocycles. The molecule has 4 saturated carbocycles. The minimum Gasteiger partial charge on any atom is -0.357 e. The standard InChI is InChI=1S/C25H41NO/c1-15-11-12-25(26-14-15)16(2)24-21-10-9-19-18-6-4-3-5-17(18)7-8-20(19)22(21)13-23(24)27-25/h15-24,26H,3-14H2,1-2H3. The molecule has 0 aromatic rings. The first-order valence-electron chi connectivity index (χ1n) is 12.6. The van der Waals surface area contributed by atoms with Crippen LogP contribution in [0.4, 0.5) is 0 Å². The van der Waals surface area contributed by atoms with Crippen molar-refractivity contribution in [3.63, 3.8) is 0 Å². The molecule has 2 heteroatoms. The number of hydrogen-bond acceptors (Lipinski definition) is 2. The molecule has 0 radical (unpaired) electrons. The van der Waals surface area contributed by atoms with E-state index >= 15 is 0 Å². The molecular formula is C25H41NO. The molecule has 11 atom stereocenters. The summed E-state index contributed by atoms with van der Waals surface area (Å²) >= 11 is 0. The smallest absolute Gasteiger partial charge is 0.122 e. The van der Waals surface area contributed by atoms with Crippen LogP contribution in [0.2, 0.25) is 0 Å². The van der Waals surface area contributed by atoms with Crippen molar-refractivity contribution in [1.29, 1.82) is 0 Å². The zero-order chi connectivity index (χ0) is 18.2. The first kappa shape index (κ1) is 17.8. The highest BCUT2D eigenvalue weighted by Gasteiger charge is 2.63. The van der Waals surface area contributed by atoms with Crippen LogP contribution in [0.3, 0.4) is 0 Å². The average molecular weight is 372 g/mol. The van der Waals surface area contributed by atoms with Crippen molar-refractivity contribution in [1.82, 2.24) is 5.32 Å². The second-order valence-electron chi connectivity index (χ2n) is 11.7. The van der Waals surface area contributed by atoms with Crippen LogP contribution < -0.4 is 5.32 Å². The van der Waals surface area contributed by atoms with E-state index in [0.29, 0.717) is 12.0 Å². The molecule has 2 saturated heterocycles. The van der Waals surface area contributed by atoms with Gasteiger partial charge in [0.1, 0.15) is 5.72 Å². The Bertz CT molecular complexity index is 567. The maximum Gasteiger partial charge on any atom is 0.122 e. The molecule has 11 unspecified atom stereocenters. The van der Waals surface area contributed by atoms with Crippen LogP contribution in [0.25, 0.3) is 0 Å². The molecule has 1 spiro atoms. The van der Waals surface area contributed by atoms with E-state index in [-0.39, 0.29) is 5.72 Å². The second-order valence-corrected chi connectivity index (χ2v) is 11.7. The highest BCUT2D eigenvalue weighted by atomic mass is 16.5. The van der Waals surface area contributed by atoms with E-state index in [0.717, 1.165) is 53.9 Å². The van der Waals surface area contributed by atoms with Gasteiger partial charge in [-0.05, 0) is 98.7 Å². The fourth-order valence-corrected chi connectivity index (χ4v) is 9.50. The summed E-state index contributed by atoms with van der Waals surface area (Å²) in [5.41, 5.74) is 0.0324. The van der Waals surface area contributed by atoms with Gasteiger partial charge in [0.25, 0.3) is 0 Å². The Morgan fingerprint density at radius 3 is 2.41 bits per heavy atom. The third-order valence-electron chi connectivity index (χ3n) is 10.7. The Labute approximate surface area is 166 Å². The SMILES string of the molecule is CC1CCC2(NC1)OC1CC3C4CCC5CCCCC5C4CCC3C1C2C. The zero-order valence-electron chi connectivity index (χ0n) is 17.7. The van der Waals surface area contributed by atoms with E-state index in [9.17, 15) is 0 Å². The van der Waals surface area contributed by atoms with Crippen LogP contribution in [0.1, 0.15) is 84.5 Å². The van der Waals surface area contributed by atoms with Crippen molar-refractivity contribution in [2.45, 2.75) is 96.3 Å². The lowest BCUT2D eigenvalue weighted by atomic mass is 9.53. The molecule has 2 aliphatic heterocycles. The van der Waals surface area contributed by atoms with Gasteiger partial charge >= 0.3 is 0 Å². The van der Waals surface area contributed by atoms with E-state index in [1.54, 1.807) is 32.1 Å². The van der Waals surface area contributed by atoms with Gasteiger partial charge in [0, 0.05) is 12.5 Å². The highest BCUT2D eigenvalue weighted by Crippen LogP contribution is 2.63. The van der Waals surface area contributed by atoms with Crippen molar-refractivity contribution in [3.05, 3.63) is 0 Å². The number of ether oxygens (including phenoxy) is 1. The summed E-state index contributed by atoms with van der Waals surface area (Å²) in [6.45, 7) is 6.09. The van der Waals surface area contributed by atoms with Crippen molar-refractivity contribution in [2.24, 2.45) is 53.3 Å². The minimum atomic E-state index is 0.0324. The zero-order valence-corrected chi connectivity index (χ0v) is 17.7. The summed E-state index contributed by atoms with van der Waals surface area (Å²) in [5, 5.41) is 3.89. The Kier molecular flexibility index (Phi) is 4.25. The number of piperidine rings is 1. The van der Waals surface area contributed by atoms with Crippen LogP contribution >= 0.6 is 0 Å². The summed E-state index contributed by atoms with van der Waals surface area (Å²) in [7, 11) is 0. The van der Waals surface area contributed by atoms with Gasteiger partial charge < -0.3 is 4.74 Å². The monoisotopic (exact) mass is 371 g/mol. The van der Waals surface area contributed by atoms with Crippen LogP contribution in [-0.2, 0) is 4.74 Å². The van der Waals surface area contributed by atoms with Crippen molar-refractivity contribution in [3.8, 4) is 0 Å². The normalized spacial score (nSPS) is 59.8. The summed E-state index contributed by atoms with van der Waals surface area (Å²) < 4.78 is 6.94. The van der Waals surface area contributed by atoms with Gasteiger partial charge in [0.2, 0.25) is 0 Å². The summed E-state index contributed by atoms with van der Waals surface area (Å²) in [4.78, 5) is 0. The molecule has 0 aromatic carbocycles. The fraction of sp³-hybridized carbons (Fsp3) is 1.00. The van der Waals surface area contributed by atoms with Crippen molar-refractivity contribution < 1.29 is 4.74 Å². The van der Waals surface area contributed by atoms with Crippen LogP contribution in [0.5, 0.6) is 0 Å². The molecule has 2 heterocycles. The van der Waals surface area contributed by atoms with E-state index < -0.39 is 0 Å². The predicted octanol–water partition coefficient (Wildman–Crippen LogP) is 5.62. The molecule has 4 aliphatic carbocycles. The van der Waals surface area contributed by atoms with E-state index in [4.69, 9.17) is 4.74 Å². The molecule has 6 aliphatic rings. The molecular weight excluding hydrogens is 330 g/mol. The summed E-state index contributed by atoms with van der Waals surface area (Å²) in [5.74, 6) is 8.71. The third kappa shape index (κ3) is 2.57.